The van der Waals surface area contributed by atoms with Crippen molar-refractivity contribution in [1.82, 2.24) is 5.32 Å². The normalized spacial score (nSPS) is 9.40. The Hall–Kier alpha value is -1.27. The number of aryl methyl sites for hydroxylation is 1. The van der Waals surface area contributed by atoms with Crippen LogP contribution in [0.1, 0.15) is 22.3 Å². The lowest BCUT2D eigenvalue weighted by Crippen LogP contribution is -2.24. The van der Waals surface area contributed by atoms with Crippen LogP contribution in [-0.2, 0) is 0 Å². The van der Waals surface area contributed by atoms with E-state index in [1.165, 1.54) is 0 Å². The second kappa shape index (κ2) is 5.57. The van der Waals surface area contributed by atoms with Gasteiger partial charge in [-0.25, -0.2) is 0 Å². The van der Waals surface area contributed by atoms with E-state index in [1.54, 1.807) is 6.07 Å². The number of amides is 1. The summed E-state index contributed by atoms with van der Waals surface area (Å²) >= 11 is 3.33. The van der Waals surface area contributed by atoms with Crippen LogP contribution in [0, 0.1) is 19.3 Å². The summed E-state index contributed by atoms with van der Waals surface area (Å²) in [5.41, 5.74) is 1.64. The van der Waals surface area contributed by atoms with Gasteiger partial charge < -0.3 is 5.32 Å². The Kier molecular flexibility index (Phi) is 4.38. The molecule has 0 saturated carbocycles. The fraction of sp³-hybridized carbons (Fsp3) is 0.250. The van der Waals surface area contributed by atoms with Crippen LogP contribution in [0.2, 0.25) is 0 Å². The van der Waals surface area contributed by atoms with Gasteiger partial charge >= 0.3 is 0 Å². The summed E-state index contributed by atoms with van der Waals surface area (Å²) in [4.78, 5) is 11.7. The van der Waals surface area contributed by atoms with Crippen LogP contribution in [-0.4, -0.2) is 12.5 Å². The van der Waals surface area contributed by atoms with Crippen molar-refractivity contribution in [3.63, 3.8) is 0 Å². The van der Waals surface area contributed by atoms with E-state index in [9.17, 15) is 4.79 Å². The molecule has 0 aromatic heterocycles. The summed E-state index contributed by atoms with van der Waals surface area (Å²) in [5.74, 6) is 2.40. The van der Waals surface area contributed by atoms with Crippen LogP contribution in [0.5, 0.6) is 0 Å². The Morgan fingerprint density at radius 2 is 2.33 bits per heavy atom. The Morgan fingerprint density at radius 1 is 1.60 bits per heavy atom. The molecule has 1 aromatic rings. The zero-order valence-corrected chi connectivity index (χ0v) is 10.1. The summed E-state index contributed by atoms with van der Waals surface area (Å²) in [7, 11) is 0. The van der Waals surface area contributed by atoms with Gasteiger partial charge in [-0.2, -0.15) is 0 Å². The van der Waals surface area contributed by atoms with E-state index < -0.39 is 0 Å². The summed E-state index contributed by atoms with van der Waals surface area (Å²) in [5, 5.41) is 2.77. The Balaban J connectivity index is 2.73. The van der Waals surface area contributed by atoms with Gasteiger partial charge in [-0.3, -0.25) is 4.79 Å². The highest BCUT2D eigenvalue weighted by Crippen LogP contribution is 2.15. The molecule has 0 radical (unpaired) electrons. The lowest BCUT2D eigenvalue weighted by molar-refractivity contribution is 0.0954. The van der Waals surface area contributed by atoms with E-state index in [2.05, 4.69) is 27.2 Å². The summed E-state index contributed by atoms with van der Waals surface area (Å²) in [6.07, 6.45) is 5.65. The highest BCUT2D eigenvalue weighted by atomic mass is 79.9. The third-order valence-electron chi connectivity index (χ3n) is 2.00. The van der Waals surface area contributed by atoms with Crippen LogP contribution in [0.4, 0.5) is 0 Å². The molecule has 0 saturated heterocycles. The molecule has 78 valence electrons. The number of rotatable bonds is 3. The van der Waals surface area contributed by atoms with Gasteiger partial charge in [0.25, 0.3) is 5.91 Å². The molecule has 2 nitrogen and oxygen atoms in total. The van der Waals surface area contributed by atoms with E-state index in [0.29, 0.717) is 18.5 Å². The maximum Gasteiger partial charge on any atom is 0.251 e. The first-order valence-corrected chi connectivity index (χ1v) is 5.42. The molecule has 15 heavy (non-hydrogen) atoms. The summed E-state index contributed by atoms with van der Waals surface area (Å²) < 4.78 is 0.898. The molecule has 3 heteroatoms. The van der Waals surface area contributed by atoms with E-state index >= 15 is 0 Å². The minimum atomic E-state index is -0.0796. The highest BCUT2D eigenvalue weighted by molar-refractivity contribution is 9.10. The largest absolute Gasteiger partial charge is 0.351 e. The average molecular weight is 266 g/mol. The van der Waals surface area contributed by atoms with E-state index in [1.807, 2.05) is 19.1 Å². The third kappa shape index (κ3) is 3.41. The van der Waals surface area contributed by atoms with Crippen LogP contribution in [0.15, 0.2) is 22.7 Å². The number of benzene rings is 1. The van der Waals surface area contributed by atoms with Crippen molar-refractivity contribution >= 4 is 21.8 Å². The predicted octanol–water partition coefficient (Wildman–Crippen LogP) is 2.51. The Labute approximate surface area is 98.2 Å². The van der Waals surface area contributed by atoms with Crippen molar-refractivity contribution < 1.29 is 4.79 Å². The highest BCUT2D eigenvalue weighted by Gasteiger charge is 2.07. The molecule has 0 fully saturated rings. The maximum absolute atomic E-state index is 11.7. The molecule has 0 bridgehead atoms. The van der Waals surface area contributed by atoms with Crippen molar-refractivity contribution in [2.75, 3.05) is 6.54 Å². The summed E-state index contributed by atoms with van der Waals surface area (Å²) in [6, 6.07) is 5.62. The molecular formula is C12H12BrNO. The summed E-state index contributed by atoms with van der Waals surface area (Å²) in [6.45, 7) is 2.42. The number of nitrogens with one attached hydrogen (secondary N) is 1. The molecule has 1 amide bonds. The van der Waals surface area contributed by atoms with Crippen molar-refractivity contribution in [2.45, 2.75) is 13.3 Å². The smallest absolute Gasteiger partial charge is 0.251 e. The molecule has 0 heterocycles. The number of carbonyl (C=O) groups excluding carboxylic acids is 1. The van der Waals surface area contributed by atoms with Gasteiger partial charge in [0, 0.05) is 23.0 Å². The van der Waals surface area contributed by atoms with Crippen LogP contribution >= 0.6 is 15.9 Å². The van der Waals surface area contributed by atoms with Gasteiger partial charge in [-0.15, -0.1) is 12.3 Å². The second-order valence-corrected chi connectivity index (χ2v) is 4.08. The maximum atomic E-state index is 11.7. The lowest BCUT2D eigenvalue weighted by Gasteiger charge is -2.06. The Morgan fingerprint density at radius 3 is 3.00 bits per heavy atom. The molecule has 1 N–H and O–H groups in total. The molecule has 0 spiro atoms. The van der Waals surface area contributed by atoms with Crippen molar-refractivity contribution in [3.8, 4) is 12.3 Å². The van der Waals surface area contributed by atoms with Crippen molar-refractivity contribution in [3.05, 3.63) is 33.8 Å². The van der Waals surface area contributed by atoms with E-state index in [-0.39, 0.29) is 5.91 Å². The SMILES string of the molecule is C#CCCNC(=O)c1cc(Br)ccc1C. The number of hydrogen-bond donors (Lipinski definition) is 1. The molecular weight excluding hydrogens is 254 g/mol. The second-order valence-electron chi connectivity index (χ2n) is 3.17. The molecule has 0 aliphatic rings. The van der Waals surface area contributed by atoms with Gasteiger partial charge in [0.2, 0.25) is 0 Å². The van der Waals surface area contributed by atoms with E-state index in [4.69, 9.17) is 6.42 Å². The number of terminal acetylenes is 1. The first-order valence-electron chi connectivity index (χ1n) is 4.63. The number of hydrogen-bond acceptors (Lipinski definition) is 1. The van der Waals surface area contributed by atoms with Crippen molar-refractivity contribution in [1.29, 1.82) is 0 Å². The zero-order chi connectivity index (χ0) is 11.3. The molecule has 0 aliphatic heterocycles. The topological polar surface area (TPSA) is 29.1 Å². The Bertz CT molecular complexity index is 407. The quantitative estimate of drug-likeness (QED) is 0.661. The minimum Gasteiger partial charge on any atom is -0.351 e. The van der Waals surface area contributed by atoms with E-state index in [0.717, 1.165) is 10.0 Å². The van der Waals surface area contributed by atoms with Crippen LogP contribution in [0.3, 0.4) is 0 Å². The monoisotopic (exact) mass is 265 g/mol. The first-order chi connectivity index (χ1) is 7.15. The molecule has 1 aromatic carbocycles. The van der Waals surface area contributed by atoms with Crippen LogP contribution < -0.4 is 5.32 Å². The standard InChI is InChI=1S/C12H12BrNO/c1-3-4-7-14-12(15)11-8-10(13)6-5-9(11)2/h1,5-6,8H,4,7H2,2H3,(H,14,15). The molecule has 0 atom stereocenters. The third-order valence-corrected chi connectivity index (χ3v) is 2.49. The van der Waals surface area contributed by atoms with Gasteiger partial charge in [-0.05, 0) is 24.6 Å². The van der Waals surface area contributed by atoms with Gasteiger partial charge in [0.1, 0.15) is 0 Å². The van der Waals surface area contributed by atoms with Crippen molar-refractivity contribution in [2.24, 2.45) is 0 Å². The fourth-order valence-electron chi connectivity index (χ4n) is 1.18. The molecule has 0 unspecified atom stereocenters. The average Bonchev–Trinajstić information content (AvgIpc) is 2.22. The predicted molar refractivity (Wildman–Crippen MR) is 64.7 cm³/mol. The molecule has 0 aliphatic carbocycles. The minimum absolute atomic E-state index is 0.0796. The fourth-order valence-corrected chi connectivity index (χ4v) is 1.54. The van der Waals surface area contributed by atoms with Gasteiger partial charge in [0.15, 0.2) is 0 Å². The molecule has 1 rings (SSSR count). The number of halogens is 1. The van der Waals surface area contributed by atoms with Gasteiger partial charge in [0.05, 0.1) is 0 Å². The van der Waals surface area contributed by atoms with Gasteiger partial charge in [-0.1, -0.05) is 22.0 Å². The first kappa shape index (κ1) is 11.8. The number of carbonyl (C=O) groups is 1. The van der Waals surface area contributed by atoms with Crippen LogP contribution in [0.25, 0.3) is 0 Å². The zero-order valence-electron chi connectivity index (χ0n) is 8.51. The lowest BCUT2D eigenvalue weighted by atomic mass is 10.1.